The van der Waals surface area contributed by atoms with Crippen LogP contribution in [0.4, 0.5) is 24.8 Å². The number of nitrogens with zero attached hydrogens (tertiary/aromatic N) is 2. The van der Waals surface area contributed by atoms with Crippen molar-refractivity contribution in [3.05, 3.63) is 77.1 Å². The summed E-state index contributed by atoms with van der Waals surface area (Å²) >= 11 is 0. The summed E-state index contributed by atoms with van der Waals surface area (Å²) in [4.78, 5) is 19.9. The minimum Gasteiger partial charge on any atom is -0.478 e. The Kier molecular flexibility index (Phi) is 10.6. The highest BCUT2D eigenvalue weighted by Gasteiger charge is 2.32. The maximum Gasteiger partial charge on any atom is 0.573 e. The molecule has 1 unspecified atom stereocenters. The van der Waals surface area contributed by atoms with Crippen molar-refractivity contribution in [3.8, 4) is 5.75 Å². The lowest BCUT2D eigenvalue weighted by atomic mass is 9.79. The number of benzene rings is 2. The van der Waals surface area contributed by atoms with Crippen LogP contribution in [0.25, 0.3) is 0 Å². The van der Waals surface area contributed by atoms with Crippen LogP contribution in [0.2, 0.25) is 0 Å². The fourth-order valence-electron chi connectivity index (χ4n) is 5.43. The topological polar surface area (TPSA) is 129 Å². The number of carboxylic acid groups (broad SMARTS) is 1. The van der Waals surface area contributed by atoms with E-state index in [1.54, 1.807) is 18.2 Å². The van der Waals surface area contributed by atoms with Crippen LogP contribution in [0.3, 0.4) is 0 Å². The van der Waals surface area contributed by atoms with E-state index in [9.17, 15) is 23.2 Å². The molecule has 1 heterocycles. The van der Waals surface area contributed by atoms with E-state index in [1.165, 1.54) is 24.4 Å². The molecule has 226 valence electrons. The number of aromatic carboxylic acids is 1. The van der Waals surface area contributed by atoms with Crippen molar-refractivity contribution in [2.75, 3.05) is 10.8 Å². The largest absolute Gasteiger partial charge is 0.573 e. The number of anilines is 2. The van der Waals surface area contributed by atoms with Gasteiger partial charge < -0.3 is 20.5 Å². The van der Waals surface area contributed by atoms with Crippen LogP contribution in [0.1, 0.15) is 78.5 Å². The van der Waals surface area contributed by atoms with Gasteiger partial charge in [-0.15, -0.1) is 13.2 Å². The molecule has 1 aliphatic carbocycles. The number of carbonyl (C=O) groups is 1. The van der Waals surface area contributed by atoms with Gasteiger partial charge >= 0.3 is 12.3 Å². The van der Waals surface area contributed by atoms with E-state index < -0.39 is 12.3 Å². The Morgan fingerprint density at radius 3 is 2.43 bits per heavy atom. The lowest BCUT2D eigenvalue weighted by molar-refractivity contribution is -0.274. The van der Waals surface area contributed by atoms with Crippen LogP contribution in [-0.4, -0.2) is 38.7 Å². The van der Waals surface area contributed by atoms with Gasteiger partial charge in [0.25, 0.3) is 0 Å². The van der Waals surface area contributed by atoms with Gasteiger partial charge in [0.1, 0.15) is 11.4 Å². The summed E-state index contributed by atoms with van der Waals surface area (Å²) < 4.78 is 42.5. The Balaban J connectivity index is 1.33. The lowest BCUT2D eigenvalue weighted by Gasteiger charge is -2.31. The summed E-state index contributed by atoms with van der Waals surface area (Å²) in [6.45, 7) is 2.77. The van der Waals surface area contributed by atoms with Gasteiger partial charge in [0, 0.05) is 30.6 Å². The van der Waals surface area contributed by atoms with Gasteiger partial charge in [0.05, 0.1) is 17.5 Å². The average Bonchev–Trinajstić information content (AvgIpc) is 2.98. The van der Waals surface area contributed by atoms with Crippen molar-refractivity contribution < 1.29 is 33.0 Å². The number of rotatable bonds is 13. The van der Waals surface area contributed by atoms with E-state index >= 15 is 0 Å². The van der Waals surface area contributed by atoms with Crippen LogP contribution in [-0.2, 0) is 13.1 Å². The van der Waals surface area contributed by atoms with Gasteiger partial charge in [-0.1, -0.05) is 37.3 Å². The second-order valence-corrected chi connectivity index (χ2v) is 10.6. The van der Waals surface area contributed by atoms with E-state index in [-0.39, 0.29) is 29.7 Å². The third-order valence-corrected chi connectivity index (χ3v) is 7.71. The zero-order chi connectivity index (χ0) is 30.1. The molecule has 0 aliphatic heterocycles. The standard InChI is InChI=1S/C30H36F3N5O4/c1-2-21(15-19-9-13-24(14-10-19)34-16-20-7-11-22(12-8-20)28(39)40)27-25(38-41)18-36-29(37-27)35-17-23-5-3-4-6-26(23)42-30(31,32)33/h3-8,11-12,18-19,21,24,34,38,41H,2,9-10,13-17H2,1H3,(H,39,40)(H,35,36,37). The molecule has 0 spiro atoms. The van der Waals surface area contributed by atoms with Crippen molar-refractivity contribution in [1.82, 2.24) is 15.3 Å². The Bertz CT molecular complexity index is 1320. The van der Waals surface area contributed by atoms with Gasteiger partial charge in [-0.2, -0.15) is 0 Å². The van der Waals surface area contributed by atoms with Crippen LogP contribution < -0.4 is 20.9 Å². The molecule has 2 aromatic carbocycles. The van der Waals surface area contributed by atoms with Gasteiger partial charge in [-0.3, -0.25) is 10.7 Å². The predicted molar refractivity (Wildman–Crippen MR) is 152 cm³/mol. The summed E-state index contributed by atoms with van der Waals surface area (Å²) in [5, 5.41) is 25.4. The van der Waals surface area contributed by atoms with E-state index in [0.29, 0.717) is 35.4 Å². The number of hydrogen-bond donors (Lipinski definition) is 5. The smallest absolute Gasteiger partial charge is 0.478 e. The van der Waals surface area contributed by atoms with Crippen molar-refractivity contribution in [2.24, 2.45) is 5.92 Å². The first-order chi connectivity index (χ1) is 20.1. The minimum atomic E-state index is -4.80. The molecule has 1 atom stereocenters. The summed E-state index contributed by atoms with van der Waals surface area (Å²) in [5.74, 6) is -0.457. The molecule has 0 amide bonds. The predicted octanol–water partition coefficient (Wildman–Crippen LogP) is 6.72. The third-order valence-electron chi connectivity index (χ3n) is 7.71. The number of ether oxygens (including phenoxy) is 1. The number of alkyl halides is 3. The third kappa shape index (κ3) is 8.80. The van der Waals surface area contributed by atoms with Gasteiger partial charge in [0.15, 0.2) is 0 Å². The molecule has 5 N–H and O–H groups in total. The minimum absolute atomic E-state index is 0.0229. The molecule has 1 aliphatic rings. The van der Waals surface area contributed by atoms with Crippen LogP contribution in [0.5, 0.6) is 5.75 Å². The van der Waals surface area contributed by atoms with Gasteiger partial charge in [0.2, 0.25) is 5.95 Å². The first kappa shape index (κ1) is 31.0. The summed E-state index contributed by atoms with van der Waals surface area (Å²) in [6.07, 6.45) is 2.47. The molecule has 1 aromatic heterocycles. The SMILES string of the molecule is CCC(CC1CCC(NCc2ccc(C(=O)O)cc2)CC1)c1nc(NCc2ccccc2OC(F)(F)F)ncc1NO. The Morgan fingerprint density at radius 1 is 1.07 bits per heavy atom. The number of carboxylic acids is 1. The Hall–Kier alpha value is -3.90. The quantitative estimate of drug-likeness (QED) is 0.138. The molecule has 42 heavy (non-hydrogen) atoms. The number of nitrogens with one attached hydrogen (secondary N) is 3. The van der Waals surface area contributed by atoms with Crippen molar-refractivity contribution in [2.45, 2.75) is 76.9 Å². The van der Waals surface area contributed by atoms with Crippen LogP contribution >= 0.6 is 0 Å². The summed E-state index contributed by atoms with van der Waals surface area (Å²) in [6, 6.07) is 13.2. The van der Waals surface area contributed by atoms with Gasteiger partial charge in [-0.05, 0) is 68.2 Å². The van der Waals surface area contributed by atoms with Gasteiger partial charge in [-0.25, -0.2) is 14.8 Å². The first-order valence-corrected chi connectivity index (χ1v) is 14.0. The summed E-state index contributed by atoms with van der Waals surface area (Å²) in [5.41, 5.74) is 4.87. The monoisotopic (exact) mass is 587 g/mol. The molecule has 1 fully saturated rings. The number of halogens is 3. The first-order valence-electron chi connectivity index (χ1n) is 14.0. The highest BCUT2D eigenvalue weighted by Crippen LogP contribution is 2.37. The highest BCUT2D eigenvalue weighted by atomic mass is 19.4. The number of para-hydroxylation sites is 1. The molecular formula is C30H36F3N5O4. The van der Waals surface area contributed by atoms with E-state index in [4.69, 9.17) is 5.11 Å². The van der Waals surface area contributed by atoms with E-state index in [0.717, 1.165) is 44.1 Å². The van der Waals surface area contributed by atoms with E-state index in [1.807, 2.05) is 12.1 Å². The number of hydrogen-bond acceptors (Lipinski definition) is 8. The van der Waals surface area contributed by atoms with Crippen LogP contribution in [0.15, 0.2) is 54.7 Å². The number of aromatic nitrogens is 2. The second-order valence-electron chi connectivity index (χ2n) is 10.6. The van der Waals surface area contributed by atoms with E-state index in [2.05, 4.69) is 37.7 Å². The second kappa shape index (κ2) is 14.3. The summed E-state index contributed by atoms with van der Waals surface area (Å²) in [7, 11) is 0. The molecule has 4 rings (SSSR count). The molecule has 0 bridgehead atoms. The average molecular weight is 588 g/mol. The molecule has 1 saturated carbocycles. The van der Waals surface area contributed by atoms with Crippen molar-refractivity contribution >= 4 is 17.6 Å². The molecular weight excluding hydrogens is 551 g/mol. The molecule has 0 saturated heterocycles. The normalized spacial score (nSPS) is 17.8. The highest BCUT2D eigenvalue weighted by molar-refractivity contribution is 5.87. The van der Waals surface area contributed by atoms with Crippen molar-refractivity contribution in [3.63, 3.8) is 0 Å². The Morgan fingerprint density at radius 2 is 1.79 bits per heavy atom. The lowest BCUT2D eigenvalue weighted by Crippen LogP contribution is -2.33. The Labute approximate surface area is 242 Å². The zero-order valence-corrected chi connectivity index (χ0v) is 23.3. The molecule has 3 aromatic rings. The zero-order valence-electron chi connectivity index (χ0n) is 23.3. The fraction of sp³-hybridized carbons (Fsp3) is 0.433. The molecule has 9 nitrogen and oxygen atoms in total. The van der Waals surface area contributed by atoms with Crippen LogP contribution in [0, 0.1) is 5.92 Å². The van der Waals surface area contributed by atoms with Crippen molar-refractivity contribution in [1.29, 1.82) is 0 Å². The maximum atomic E-state index is 12.8. The fourth-order valence-corrected chi connectivity index (χ4v) is 5.43. The molecule has 12 heteroatoms. The molecule has 0 radical (unpaired) electrons. The maximum absolute atomic E-state index is 12.8.